The maximum absolute atomic E-state index is 14.5. The maximum atomic E-state index is 14.5. The van der Waals surface area contributed by atoms with E-state index < -0.39 is 78.7 Å². The molecule has 0 heterocycles. The molecule has 41 heavy (non-hydrogen) atoms. The van der Waals surface area contributed by atoms with Crippen molar-refractivity contribution >= 4 is 17.5 Å². The maximum Gasteiger partial charge on any atom is 0.432 e. The Hall–Kier alpha value is -3.92. The van der Waals surface area contributed by atoms with Crippen LogP contribution >= 0.6 is 0 Å². The van der Waals surface area contributed by atoms with E-state index >= 15 is 0 Å². The number of amides is 2. The summed E-state index contributed by atoms with van der Waals surface area (Å²) in [6.07, 6.45) is -20.7. The lowest BCUT2D eigenvalue weighted by Crippen LogP contribution is -2.41. The third kappa shape index (κ3) is 9.31. The molecule has 0 spiro atoms. The number of aryl methyl sites for hydroxylation is 1. The Morgan fingerprint density at radius 3 is 2.05 bits per heavy atom. The smallest absolute Gasteiger partial charge is 0.377 e. The molecule has 226 valence electrons. The number of halogens is 11. The number of alkyl halides is 10. The van der Waals surface area contributed by atoms with Crippen molar-refractivity contribution < 1.29 is 62.7 Å². The van der Waals surface area contributed by atoms with Gasteiger partial charge in [-0.05, 0) is 49.2 Å². The Kier molecular flexibility index (Phi) is 10.7. The SMILES string of the molecule is C/C(=N\OC(c1cc(C(F)F)cc(C(F)F)c1F)C(F)(F)F)c1ccc(C(=O)NCC(=O)NCC(F)(F)F)c(C)c1. The Morgan fingerprint density at radius 1 is 0.927 bits per heavy atom. The first-order valence-corrected chi connectivity index (χ1v) is 11.2. The van der Waals surface area contributed by atoms with Crippen molar-refractivity contribution in [2.75, 3.05) is 13.1 Å². The zero-order valence-corrected chi connectivity index (χ0v) is 20.9. The number of benzene rings is 2. The van der Waals surface area contributed by atoms with E-state index in [1.165, 1.54) is 19.1 Å². The molecule has 0 aliphatic rings. The summed E-state index contributed by atoms with van der Waals surface area (Å²) < 4.78 is 144. The fourth-order valence-electron chi connectivity index (χ4n) is 3.31. The Labute approximate surface area is 224 Å². The third-order valence-corrected chi connectivity index (χ3v) is 5.30. The lowest BCUT2D eigenvalue weighted by molar-refractivity contribution is -0.225. The molecule has 0 radical (unpaired) electrons. The highest BCUT2D eigenvalue weighted by Crippen LogP contribution is 2.41. The number of oxime groups is 1. The second-order valence-corrected chi connectivity index (χ2v) is 8.42. The normalized spacial score (nSPS) is 13.4. The molecule has 2 amide bonds. The second kappa shape index (κ2) is 13.2. The largest absolute Gasteiger partial charge is 0.432 e. The molecule has 2 aromatic carbocycles. The molecule has 2 N–H and O–H groups in total. The Morgan fingerprint density at radius 2 is 1.54 bits per heavy atom. The van der Waals surface area contributed by atoms with Gasteiger partial charge in [0.15, 0.2) is 0 Å². The van der Waals surface area contributed by atoms with Crippen molar-refractivity contribution in [2.45, 2.75) is 45.2 Å². The van der Waals surface area contributed by atoms with E-state index in [1.54, 1.807) is 5.32 Å². The second-order valence-electron chi connectivity index (χ2n) is 8.42. The fourth-order valence-corrected chi connectivity index (χ4v) is 3.31. The highest BCUT2D eigenvalue weighted by atomic mass is 19.4. The highest BCUT2D eigenvalue weighted by molar-refractivity contribution is 6.01. The standard InChI is InChI=1S/C24H20F11N3O3/c1-10-5-12(3-4-14(10)22(40)36-8-17(39)37-9-23(30,31)32)11(2)38-41-19(24(33,34)35)15-6-13(20(26)27)7-16(18(15)25)21(28)29/h3-7,19-21H,8-9H2,1-2H3,(H,36,40)(H,37,39)/b38-11+. The van der Waals surface area contributed by atoms with Gasteiger partial charge in [0.25, 0.3) is 18.8 Å². The minimum atomic E-state index is -5.48. The summed E-state index contributed by atoms with van der Waals surface area (Å²) in [6.45, 7) is 0.0954. The predicted octanol–water partition coefficient (Wildman–Crippen LogP) is 6.46. The van der Waals surface area contributed by atoms with Crippen LogP contribution in [0, 0.1) is 12.7 Å². The van der Waals surface area contributed by atoms with E-state index in [-0.39, 0.29) is 34.5 Å². The van der Waals surface area contributed by atoms with Gasteiger partial charge in [-0.2, -0.15) is 26.3 Å². The summed E-state index contributed by atoms with van der Waals surface area (Å²) in [5, 5.41) is 6.89. The van der Waals surface area contributed by atoms with Crippen LogP contribution < -0.4 is 10.6 Å². The van der Waals surface area contributed by atoms with Crippen LogP contribution in [0.25, 0.3) is 0 Å². The molecular weight excluding hydrogens is 587 g/mol. The summed E-state index contributed by atoms with van der Waals surface area (Å²) in [5.41, 5.74) is -4.74. The summed E-state index contributed by atoms with van der Waals surface area (Å²) in [6, 6.07) is 3.65. The summed E-state index contributed by atoms with van der Waals surface area (Å²) in [4.78, 5) is 28.1. The number of hydrogen-bond acceptors (Lipinski definition) is 4. The fraction of sp³-hybridized carbons (Fsp3) is 0.375. The summed E-state index contributed by atoms with van der Waals surface area (Å²) in [7, 11) is 0. The predicted molar refractivity (Wildman–Crippen MR) is 121 cm³/mol. The first-order chi connectivity index (χ1) is 18.8. The van der Waals surface area contributed by atoms with Gasteiger partial charge >= 0.3 is 12.4 Å². The van der Waals surface area contributed by atoms with Gasteiger partial charge in [0, 0.05) is 16.7 Å². The van der Waals surface area contributed by atoms with E-state index in [1.807, 2.05) is 0 Å². The van der Waals surface area contributed by atoms with Crippen LogP contribution in [0.15, 0.2) is 35.5 Å². The van der Waals surface area contributed by atoms with E-state index in [0.717, 1.165) is 13.0 Å². The molecule has 0 bridgehead atoms. The third-order valence-electron chi connectivity index (χ3n) is 5.30. The lowest BCUT2D eigenvalue weighted by Gasteiger charge is -2.21. The molecule has 1 unspecified atom stereocenters. The molecule has 0 aromatic heterocycles. The van der Waals surface area contributed by atoms with Gasteiger partial charge in [-0.15, -0.1) is 0 Å². The van der Waals surface area contributed by atoms with Crippen LogP contribution in [-0.2, 0) is 9.63 Å². The van der Waals surface area contributed by atoms with Crippen molar-refractivity contribution in [1.29, 1.82) is 0 Å². The van der Waals surface area contributed by atoms with Crippen molar-refractivity contribution in [3.05, 3.63) is 69.5 Å². The van der Waals surface area contributed by atoms with Crippen LogP contribution in [0.3, 0.4) is 0 Å². The van der Waals surface area contributed by atoms with Crippen LogP contribution in [0.5, 0.6) is 0 Å². The number of rotatable bonds is 10. The Balaban J connectivity index is 2.27. The number of hydrogen-bond donors (Lipinski definition) is 2. The van der Waals surface area contributed by atoms with Gasteiger partial charge in [0.05, 0.1) is 17.8 Å². The first kappa shape index (κ1) is 33.3. The van der Waals surface area contributed by atoms with Crippen LogP contribution in [0.2, 0.25) is 0 Å². The topological polar surface area (TPSA) is 79.8 Å². The van der Waals surface area contributed by atoms with Gasteiger partial charge in [0.2, 0.25) is 12.0 Å². The lowest BCUT2D eigenvalue weighted by atomic mass is 10.0. The summed E-state index contributed by atoms with van der Waals surface area (Å²) in [5.74, 6) is -4.10. The molecule has 1 atom stereocenters. The molecule has 6 nitrogen and oxygen atoms in total. The highest BCUT2D eigenvalue weighted by Gasteiger charge is 2.46. The number of nitrogens with zero attached hydrogens (tertiary/aromatic N) is 1. The first-order valence-electron chi connectivity index (χ1n) is 11.2. The van der Waals surface area contributed by atoms with E-state index in [9.17, 15) is 57.9 Å². The van der Waals surface area contributed by atoms with Crippen molar-refractivity contribution in [3.8, 4) is 0 Å². The van der Waals surface area contributed by atoms with E-state index in [2.05, 4.69) is 15.3 Å². The van der Waals surface area contributed by atoms with Crippen molar-refractivity contribution in [1.82, 2.24) is 10.6 Å². The molecule has 0 fully saturated rings. The average molecular weight is 607 g/mol. The Bertz CT molecular complexity index is 1290. The number of carbonyl (C=O) groups is 2. The van der Waals surface area contributed by atoms with Crippen molar-refractivity contribution in [3.63, 3.8) is 0 Å². The molecule has 17 heteroatoms. The van der Waals surface area contributed by atoms with Gasteiger partial charge in [-0.1, -0.05) is 11.2 Å². The van der Waals surface area contributed by atoms with Gasteiger partial charge in [0.1, 0.15) is 12.4 Å². The molecule has 0 saturated heterocycles. The average Bonchev–Trinajstić information content (AvgIpc) is 2.85. The van der Waals surface area contributed by atoms with Crippen molar-refractivity contribution in [2.24, 2.45) is 5.16 Å². The minimum absolute atomic E-state index is 0.0472. The quantitative estimate of drug-likeness (QED) is 0.185. The number of carbonyl (C=O) groups excluding carboxylic acids is 2. The molecule has 2 aromatic rings. The van der Waals surface area contributed by atoms with Gasteiger partial charge in [-0.3, -0.25) is 9.59 Å². The van der Waals surface area contributed by atoms with Crippen LogP contribution in [-0.4, -0.2) is 43.0 Å². The van der Waals surface area contributed by atoms with Gasteiger partial charge in [-0.25, -0.2) is 22.0 Å². The zero-order valence-electron chi connectivity index (χ0n) is 20.9. The molecular formula is C24H20F11N3O3. The summed E-state index contributed by atoms with van der Waals surface area (Å²) >= 11 is 0. The van der Waals surface area contributed by atoms with Crippen LogP contribution in [0.1, 0.15) is 64.1 Å². The molecule has 0 aliphatic heterocycles. The zero-order chi connectivity index (χ0) is 31.3. The molecule has 0 aliphatic carbocycles. The van der Waals surface area contributed by atoms with E-state index in [4.69, 9.17) is 0 Å². The van der Waals surface area contributed by atoms with Gasteiger partial charge < -0.3 is 15.5 Å². The monoisotopic (exact) mass is 607 g/mol. The molecule has 0 saturated carbocycles. The number of nitrogens with one attached hydrogen (secondary N) is 2. The van der Waals surface area contributed by atoms with Crippen LogP contribution in [0.4, 0.5) is 48.3 Å². The molecule has 2 rings (SSSR count). The van der Waals surface area contributed by atoms with E-state index in [0.29, 0.717) is 0 Å². The minimum Gasteiger partial charge on any atom is -0.377 e.